The summed E-state index contributed by atoms with van der Waals surface area (Å²) >= 11 is 0. The molecule has 0 aromatic rings. The molecule has 1 N–H and O–H groups in total. The van der Waals surface area contributed by atoms with Crippen molar-refractivity contribution in [2.75, 3.05) is 53.4 Å². The van der Waals surface area contributed by atoms with E-state index < -0.39 is 0 Å². The zero-order valence-corrected chi connectivity index (χ0v) is 11.5. The van der Waals surface area contributed by atoms with Crippen molar-refractivity contribution >= 4 is 0 Å². The van der Waals surface area contributed by atoms with Gasteiger partial charge in [0.1, 0.15) is 0 Å². The maximum atomic E-state index is 3.55. The van der Waals surface area contributed by atoms with Crippen LogP contribution in [0.5, 0.6) is 0 Å². The predicted molar refractivity (Wildman–Crippen MR) is 70.8 cm³/mol. The molecule has 1 saturated heterocycles. The van der Waals surface area contributed by atoms with Crippen LogP contribution in [0.4, 0.5) is 0 Å². The van der Waals surface area contributed by atoms with Gasteiger partial charge < -0.3 is 15.1 Å². The minimum absolute atomic E-state index is 0.784. The maximum absolute atomic E-state index is 3.55. The summed E-state index contributed by atoms with van der Waals surface area (Å²) < 4.78 is 0. The van der Waals surface area contributed by atoms with Crippen molar-refractivity contribution in [3.05, 3.63) is 0 Å². The highest BCUT2D eigenvalue weighted by Gasteiger charge is 2.16. The minimum atomic E-state index is 0.784. The smallest absolute Gasteiger partial charge is 0.00193 e. The van der Waals surface area contributed by atoms with Crippen LogP contribution in [0.3, 0.4) is 0 Å². The third-order valence-electron chi connectivity index (χ3n) is 3.21. The number of hydrogen-bond donors (Lipinski definition) is 1. The Morgan fingerprint density at radius 3 is 2.19 bits per heavy atom. The third kappa shape index (κ3) is 5.83. The van der Waals surface area contributed by atoms with Crippen LogP contribution in [0.15, 0.2) is 0 Å². The van der Waals surface area contributed by atoms with E-state index >= 15 is 0 Å². The van der Waals surface area contributed by atoms with Crippen LogP contribution in [-0.2, 0) is 0 Å². The molecule has 0 aromatic carbocycles. The molecule has 1 heterocycles. The van der Waals surface area contributed by atoms with Crippen molar-refractivity contribution in [2.45, 2.75) is 20.3 Å². The van der Waals surface area contributed by atoms with E-state index in [2.05, 4.69) is 43.1 Å². The summed E-state index contributed by atoms with van der Waals surface area (Å²) in [4.78, 5) is 4.93. The van der Waals surface area contributed by atoms with Gasteiger partial charge in [-0.3, -0.25) is 0 Å². The molecule has 0 amide bonds. The van der Waals surface area contributed by atoms with Gasteiger partial charge in [0.25, 0.3) is 0 Å². The van der Waals surface area contributed by atoms with Gasteiger partial charge in [-0.05, 0) is 58.5 Å². The van der Waals surface area contributed by atoms with Crippen LogP contribution in [0.25, 0.3) is 0 Å². The molecular formula is C13H29N3. The van der Waals surface area contributed by atoms with Gasteiger partial charge in [-0.2, -0.15) is 0 Å². The molecule has 0 radical (unpaired) electrons. The summed E-state index contributed by atoms with van der Waals surface area (Å²) in [7, 11) is 4.31. The Morgan fingerprint density at radius 2 is 1.69 bits per heavy atom. The van der Waals surface area contributed by atoms with Gasteiger partial charge in [-0.15, -0.1) is 0 Å². The van der Waals surface area contributed by atoms with E-state index in [0.717, 1.165) is 11.8 Å². The zero-order valence-electron chi connectivity index (χ0n) is 11.5. The lowest BCUT2D eigenvalue weighted by Crippen LogP contribution is -2.43. The van der Waals surface area contributed by atoms with Crippen LogP contribution in [0.1, 0.15) is 20.3 Å². The molecule has 1 fully saturated rings. The highest BCUT2D eigenvalue weighted by Crippen LogP contribution is 2.08. The zero-order chi connectivity index (χ0) is 12.0. The quantitative estimate of drug-likeness (QED) is 0.776. The average Bonchev–Trinajstić information content (AvgIpc) is 2.14. The summed E-state index contributed by atoms with van der Waals surface area (Å²) in [5.41, 5.74) is 0. The van der Waals surface area contributed by atoms with Gasteiger partial charge in [0, 0.05) is 13.1 Å². The molecule has 1 aliphatic rings. The highest BCUT2D eigenvalue weighted by atomic mass is 15.1. The first-order valence-corrected chi connectivity index (χ1v) is 6.65. The lowest BCUT2D eigenvalue weighted by atomic mass is 10.1. The van der Waals surface area contributed by atoms with E-state index in [1.807, 2.05) is 0 Å². The van der Waals surface area contributed by atoms with Crippen molar-refractivity contribution in [3.8, 4) is 0 Å². The molecule has 0 aromatic heterocycles. The SMILES string of the molecule is CC1CNCC(C)CN(CCCN(C)C)C1. The lowest BCUT2D eigenvalue weighted by molar-refractivity contribution is 0.179. The summed E-state index contributed by atoms with van der Waals surface area (Å²) in [6.45, 7) is 12.0. The molecule has 0 aliphatic carbocycles. The van der Waals surface area contributed by atoms with E-state index in [0.29, 0.717) is 0 Å². The fraction of sp³-hybridized carbons (Fsp3) is 1.00. The van der Waals surface area contributed by atoms with E-state index in [1.54, 1.807) is 0 Å². The topological polar surface area (TPSA) is 18.5 Å². The highest BCUT2D eigenvalue weighted by molar-refractivity contribution is 4.73. The van der Waals surface area contributed by atoms with E-state index in [-0.39, 0.29) is 0 Å². The Hall–Kier alpha value is -0.120. The van der Waals surface area contributed by atoms with Gasteiger partial charge >= 0.3 is 0 Å². The van der Waals surface area contributed by atoms with Gasteiger partial charge in [-0.1, -0.05) is 13.8 Å². The van der Waals surface area contributed by atoms with E-state index in [9.17, 15) is 0 Å². The van der Waals surface area contributed by atoms with Gasteiger partial charge in [0.05, 0.1) is 0 Å². The molecule has 1 rings (SSSR count). The Morgan fingerprint density at radius 1 is 1.12 bits per heavy atom. The molecule has 2 atom stereocenters. The molecule has 3 heteroatoms. The summed E-state index contributed by atoms with van der Waals surface area (Å²) in [5.74, 6) is 1.57. The number of nitrogens with zero attached hydrogens (tertiary/aromatic N) is 2. The Balaban J connectivity index is 2.29. The molecular weight excluding hydrogens is 198 g/mol. The van der Waals surface area contributed by atoms with Crippen molar-refractivity contribution < 1.29 is 0 Å². The third-order valence-corrected chi connectivity index (χ3v) is 3.21. The normalized spacial score (nSPS) is 29.1. The Kier molecular flexibility index (Phi) is 6.32. The average molecular weight is 227 g/mol. The fourth-order valence-electron chi connectivity index (χ4n) is 2.45. The predicted octanol–water partition coefficient (Wildman–Crippen LogP) is 1.12. The van der Waals surface area contributed by atoms with Crippen molar-refractivity contribution in [2.24, 2.45) is 11.8 Å². The number of hydrogen-bond acceptors (Lipinski definition) is 3. The van der Waals surface area contributed by atoms with Crippen molar-refractivity contribution in [3.63, 3.8) is 0 Å². The molecule has 0 bridgehead atoms. The summed E-state index contributed by atoms with van der Waals surface area (Å²) in [6.07, 6.45) is 1.29. The first-order chi connectivity index (χ1) is 7.58. The summed E-state index contributed by atoms with van der Waals surface area (Å²) in [5, 5.41) is 3.55. The largest absolute Gasteiger partial charge is 0.316 e. The van der Waals surface area contributed by atoms with Gasteiger partial charge in [0.15, 0.2) is 0 Å². The molecule has 96 valence electrons. The van der Waals surface area contributed by atoms with Crippen LogP contribution in [0, 0.1) is 11.8 Å². The molecule has 0 spiro atoms. The minimum Gasteiger partial charge on any atom is -0.316 e. The van der Waals surface area contributed by atoms with Crippen LogP contribution >= 0.6 is 0 Å². The molecule has 3 nitrogen and oxygen atoms in total. The van der Waals surface area contributed by atoms with E-state index in [1.165, 1.54) is 45.7 Å². The Bertz CT molecular complexity index is 170. The lowest BCUT2D eigenvalue weighted by Gasteiger charge is -2.32. The van der Waals surface area contributed by atoms with Crippen molar-refractivity contribution in [1.29, 1.82) is 0 Å². The first-order valence-electron chi connectivity index (χ1n) is 6.65. The molecule has 2 unspecified atom stereocenters. The Labute approximate surface area is 101 Å². The molecule has 1 aliphatic heterocycles. The van der Waals surface area contributed by atoms with Crippen LogP contribution < -0.4 is 5.32 Å². The van der Waals surface area contributed by atoms with Crippen LogP contribution in [-0.4, -0.2) is 63.2 Å². The van der Waals surface area contributed by atoms with Gasteiger partial charge in [-0.25, -0.2) is 0 Å². The number of rotatable bonds is 4. The van der Waals surface area contributed by atoms with Gasteiger partial charge in [0.2, 0.25) is 0 Å². The molecule has 0 saturated carbocycles. The van der Waals surface area contributed by atoms with E-state index in [4.69, 9.17) is 0 Å². The first kappa shape index (κ1) is 13.9. The second-order valence-electron chi connectivity index (χ2n) is 5.78. The second kappa shape index (κ2) is 7.25. The maximum Gasteiger partial charge on any atom is 0.00193 e. The fourth-order valence-corrected chi connectivity index (χ4v) is 2.45. The van der Waals surface area contributed by atoms with Crippen LogP contribution in [0.2, 0.25) is 0 Å². The number of nitrogens with one attached hydrogen (secondary N) is 1. The standard InChI is InChI=1S/C13H29N3/c1-12-8-14-9-13(2)11-16(10-12)7-5-6-15(3)4/h12-14H,5-11H2,1-4H3. The monoisotopic (exact) mass is 227 g/mol. The molecule has 16 heavy (non-hydrogen) atoms. The summed E-state index contributed by atoms with van der Waals surface area (Å²) in [6, 6.07) is 0. The second-order valence-corrected chi connectivity index (χ2v) is 5.78. The van der Waals surface area contributed by atoms with Crippen molar-refractivity contribution in [1.82, 2.24) is 15.1 Å².